The highest BCUT2D eigenvalue weighted by molar-refractivity contribution is 7.89. The molecule has 0 saturated carbocycles. The Balaban J connectivity index is 1.59. The highest BCUT2D eigenvalue weighted by atomic mass is 35.5. The van der Waals surface area contributed by atoms with Gasteiger partial charge in [0.1, 0.15) is 21.5 Å². The SMILES string of the molecule is NS(=O)(=O)c1ccc2c(c1)OCCC([C@H](c1nc3cccnc3s1)c1ccccc1Cl)O2. The molecular formula is C22H18ClN3O4S2. The monoisotopic (exact) mass is 487 g/mol. The summed E-state index contributed by atoms with van der Waals surface area (Å²) in [5, 5.41) is 6.71. The molecular weight excluding hydrogens is 470 g/mol. The minimum Gasteiger partial charge on any atom is -0.490 e. The van der Waals surface area contributed by atoms with Crippen LogP contribution in [0.1, 0.15) is 22.9 Å². The van der Waals surface area contributed by atoms with E-state index in [4.69, 9.17) is 31.2 Å². The van der Waals surface area contributed by atoms with E-state index >= 15 is 0 Å². The average Bonchev–Trinajstić information content (AvgIpc) is 3.07. The number of pyridine rings is 1. The van der Waals surface area contributed by atoms with E-state index in [-0.39, 0.29) is 16.9 Å². The number of halogens is 1. The van der Waals surface area contributed by atoms with Crippen molar-refractivity contribution in [2.75, 3.05) is 6.61 Å². The molecule has 0 amide bonds. The molecule has 0 radical (unpaired) electrons. The van der Waals surface area contributed by atoms with Crippen molar-refractivity contribution in [2.45, 2.75) is 23.3 Å². The van der Waals surface area contributed by atoms with Crippen molar-refractivity contribution in [2.24, 2.45) is 5.14 Å². The summed E-state index contributed by atoms with van der Waals surface area (Å²) in [6, 6.07) is 15.8. The molecule has 2 N–H and O–H groups in total. The van der Waals surface area contributed by atoms with E-state index in [0.717, 1.165) is 20.9 Å². The number of nitrogens with zero attached hydrogens (tertiary/aromatic N) is 2. The molecule has 7 nitrogen and oxygen atoms in total. The third-order valence-corrected chi connectivity index (χ3v) is 7.56. The molecule has 32 heavy (non-hydrogen) atoms. The highest BCUT2D eigenvalue weighted by Gasteiger charge is 2.33. The Bertz CT molecular complexity index is 1370. The van der Waals surface area contributed by atoms with Crippen LogP contribution >= 0.6 is 22.9 Å². The molecule has 0 bridgehead atoms. The highest BCUT2D eigenvalue weighted by Crippen LogP contribution is 2.42. The predicted octanol–water partition coefficient (Wildman–Crippen LogP) is 4.35. The molecule has 0 spiro atoms. The van der Waals surface area contributed by atoms with Crippen LogP contribution in [0.4, 0.5) is 0 Å². The van der Waals surface area contributed by atoms with Gasteiger partial charge in [-0.15, -0.1) is 0 Å². The molecule has 2 atom stereocenters. The maximum absolute atomic E-state index is 11.7. The number of ether oxygens (including phenoxy) is 2. The van der Waals surface area contributed by atoms with Crippen LogP contribution in [0.5, 0.6) is 11.5 Å². The number of hydrogen-bond acceptors (Lipinski definition) is 7. The van der Waals surface area contributed by atoms with Crippen LogP contribution in [-0.2, 0) is 10.0 Å². The summed E-state index contributed by atoms with van der Waals surface area (Å²) in [6.07, 6.45) is 1.93. The lowest BCUT2D eigenvalue weighted by atomic mass is 9.92. The van der Waals surface area contributed by atoms with Crippen molar-refractivity contribution in [3.05, 3.63) is 76.4 Å². The Hall–Kier alpha value is -2.72. The lowest BCUT2D eigenvalue weighted by Crippen LogP contribution is -2.27. The van der Waals surface area contributed by atoms with Gasteiger partial charge in [-0.1, -0.05) is 41.1 Å². The van der Waals surface area contributed by atoms with E-state index in [2.05, 4.69) is 4.98 Å². The van der Waals surface area contributed by atoms with E-state index in [1.54, 1.807) is 12.3 Å². The van der Waals surface area contributed by atoms with Gasteiger partial charge in [0.05, 0.1) is 17.4 Å². The number of benzene rings is 2. The molecule has 5 rings (SSSR count). The lowest BCUT2D eigenvalue weighted by Gasteiger charge is -2.26. The molecule has 1 aliphatic rings. The second-order valence-electron chi connectivity index (χ2n) is 7.33. The molecule has 0 fully saturated rings. The Kier molecular flexibility index (Phi) is 5.50. The maximum atomic E-state index is 11.7. The summed E-state index contributed by atoms with van der Waals surface area (Å²) in [5.41, 5.74) is 1.70. The van der Waals surface area contributed by atoms with Crippen molar-refractivity contribution in [1.29, 1.82) is 0 Å². The first-order valence-electron chi connectivity index (χ1n) is 9.82. The third-order valence-electron chi connectivity index (χ3n) is 5.24. The van der Waals surface area contributed by atoms with E-state index in [9.17, 15) is 8.42 Å². The number of thiazole rings is 1. The number of nitrogens with two attached hydrogens (primary N) is 1. The van der Waals surface area contributed by atoms with E-state index < -0.39 is 10.0 Å². The normalized spacial score (nSPS) is 17.1. The van der Waals surface area contributed by atoms with Crippen LogP contribution in [0.15, 0.2) is 65.7 Å². The number of primary sulfonamides is 1. The fraction of sp³-hybridized carbons (Fsp3) is 0.182. The van der Waals surface area contributed by atoms with Crippen LogP contribution in [0.3, 0.4) is 0 Å². The zero-order valence-corrected chi connectivity index (χ0v) is 19.0. The molecule has 164 valence electrons. The zero-order chi connectivity index (χ0) is 22.3. The minimum absolute atomic E-state index is 0.0294. The predicted molar refractivity (Wildman–Crippen MR) is 123 cm³/mol. The average molecular weight is 488 g/mol. The minimum atomic E-state index is -3.85. The molecule has 2 aromatic carbocycles. The summed E-state index contributed by atoms with van der Waals surface area (Å²) in [5.74, 6) is 0.509. The lowest BCUT2D eigenvalue weighted by molar-refractivity contribution is 0.173. The number of rotatable bonds is 4. The first kappa shape index (κ1) is 21.1. The quantitative estimate of drug-likeness (QED) is 0.458. The Labute approximate surface area is 193 Å². The fourth-order valence-corrected chi connectivity index (χ4v) is 5.62. The van der Waals surface area contributed by atoms with Crippen molar-refractivity contribution >= 4 is 43.3 Å². The third kappa shape index (κ3) is 4.04. The standard InChI is InChI=1S/C22H18ClN3O4S2/c23-15-5-2-1-4-14(15)20(22-26-16-6-3-10-25-21(16)31-22)18-9-11-29-19-12-13(32(24,27)28)7-8-17(19)30-18/h1-8,10,12,18,20H,9,11H2,(H2,24,27,28)/t18?,20-/m1/s1. The molecule has 4 aromatic rings. The first-order valence-corrected chi connectivity index (χ1v) is 12.6. The molecule has 0 saturated heterocycles. The molecule has 0 aliphatic carbocycles. The van der Waals surface area contributed by atoms with Gasteiger partial charge in [0.25, 0.3) is 0 Å². The molecule has 1 unspecified atom stereocenters. The largest absolute Gasteiger partial charge is 0.490 e. The molecule has 3 heterocycles. The van der Waals surface area contributed by atoms with Gasteiger partial charge in [0.2, 0.25) is 10.0 Å². The molecule has 10 heteroatoms. The van der Waals surface area contributed by atoms with E-state index in [1.165, 1.54) is 23.5 Å². The van der Waals surface area contributed by atoms with Crippen molar-refractivity contribution in [3.63, 3.8) is 0 Å². The van der Waals surface area contributed by atoms with Crippen molar-refractivity contribution in [1.82, 2.24) is 9.97 Å². The fourth-order valence-electron chi connectivity index (χ4n) is 3.76. The second kappa shape index (κ2) is 8.32. The van der Waals surface area contributed by atoms with E-state index in [0.29, 0.717) is 29.5 Å². The van der Waals surface area contributed by atoms with Gasteiger partial charge in [-0.05, 0) is 35.9 Å². The number of fused-ring (bicyclic) bond motifs is 2. The van der Waals surface area contributed by atoms with Crippen LogP contribution in [-0.4, -0.2) is 31.1 Å². The smallest absolute Gasteiger partial charge is 0.238 e. The Morgan fingerprint density at radius 3 is 2.75 bits per heavy atom. The topological polar surface area (TPSA) is 104 Å². The van der Waals surface area contributed by atoms with Gasteiger partial charge in [-0.25, -0.2) is 23.5 Å². The second-order valence-corrected chi connectivity index (χ2v) is 10.3. The van der Waals surface area contributed by atoms with Crippen LogP contribution in [0.25, 0.3) is 10.3 Å². The number of aromatic nitrogens is 2. The number of sulfonamides is 1. The maximum Gasteiger partial charge on any atom is 0.238 e. The van der Waals surface area contributed by atoms with Crippen LogP contribution < -0.4 is 14.6 Å². The van der Waals surface area contributed by atoms with Gasteiger partial charge in [-0.2, -0.15) is 0 Å². The summed E-state index contributed by atoms with van der Waals surface area (Å²) in [6.45, 7) is 0.329. The molecule has 1 aliphatic heterocycles. The summed E-state index contributed by atoms with van der Waals surface area (Å²) < 4.78 is 35.6. The Morgan fingerprint density at radius 2 is 1.97 bits per heavy atom. The van der Waals surface area contributed by atoms with Gasteiger partial charge >= 0.3 is 0 Å². The van der Waals surface area contributed by atoms with Gasteiger partial charge in [0.15, 0.2) is 11.5 Å². The number of hydrogen-bond donors (Lipinski definition) is 1. The van der Waals surface area contributed by atoms with Crippen molar-refractivity contribution < 1.29 is 17.9 Å². The van der Waals surface area contributed by atoms with Crippen LogP contribution in [0, 0.1) is 0 Å². The summed E-state index contributed by atoms with van der Waals surface area (Å²) >= 11 is 8.09. The summed E-state index contributed by atoms with van der Waals surface area (Å²) in [7, 11) is -3.85. The van der Waals surface area contributed by atoms with Crippen LogP contribution in [0.2, 0.25) is 5.02 Å². The van der Waals surface area contributed by atoms with E-state index in [1.807, 2.05) is 36.4 Å². The van der Waals surface area contributed by atoms with Crippen molar-refractivity contribution in [3.8, 4) is 11.5 Å². The van der Waals surface area contributed by atoms with Gasteiger partial charge < -0.3 is 9.47 Å². The summed E-state index contributed by atoms with van der Waals surface area (Å²) in [4.78, 5) is 10.0. The molecule has 2 aromatic heterocycles. The van der Waals surface area contributed by atoms with Gasteiger partial charge in [0, 0.05) is 23.7 Å². The van der Waals surface area contributed by atoms with Gasteiger partial charge in [-0.3, -0.25) is 0 Å². The Morgan fingerprint density at radius 1 is 1.12 bits per heavy atom. The zero-order valence-electron chi connectivity index (χ0n) is 16.6. The first-order chi connectivity index (χ1) is 15.4.